The molecule has 254 valence electrons. The van der Waals surface area contributed by atoms with E-state index in [1.54, 1.807) is 0 Å². The summed E-state index contributed by atoms with van der Waals surface area (Å²) in [5.74, 6) is 0. The van der Waals surface area contributed by atoms with Gasteiger partial charge in [0.2, 0.25) is 0 Å². The lowest BCUT2D eigenvalue weighted by Gasteiger charge is -2.27. The summed E-state index contributed by atoms with van der Waals surface area (Å²) in [6, 6.07) is 65.3. The molecule has 0 N–H and O–H groups in total. The van der Waals surface area contributed by atoms with Crippen LogP contribution in [0.1, 0.15) is 49.9 Å². The van der Waals surface area contributed by atoms with Gasteiger partial charge in [0.05, 0.1) is 0 Å². The molecule has 0 radical (unpaired) electrons. The fourth-order valence-corrected chi connectivity index (χ4v) is 9.15. The molecule has 2 aliphatic rings. The van der Waals surface area contributed by atoms with Crippen LogP contribution in [0.5, 0.6) is 0 Å². The molecule has 1 nitrogen and oxygen atoms in total. The second-order valence-electron chi connectivity index (χ2n) is 15.8. The Morgan fingerprint density at radius 2 is 0.755 bits per heavy atom. The van der Waals surface area contributed by atoms with Crippen molar-refractivity contribution in [3.8, 4) is 44.5 Å². The molecule has 0 atom stereocenters. The number of hydrogen-bond acceptors (Lipinski definition) is 1. The van der Waals surface area contributed by atoms with Gasteiger partial charge >= 0.3 is 0 Å². The van der Waals surface area contributed by atoms with Crippen LogP contribution in [-0.2, 0) is 10.8 Å². The molecule has 0 bridgehead atoms. The summed E-state index contributed by atoms with van der Waals surface area (Å²) in [4.78, 5) is 2.41. The van der Waals surface area contributed by atoms with Crippen molar-refractivity contribution in [1.29, 1.82) is 0 Å². The molecule has 0 spiro atoms. The van der Waals surface area contributed by atoms with Crippen LogP contribution in [0.25, 0.3) is 55.3 Å². The van der Waals surface area contributed by atoms with Crippen molar-refractivity contribution in [2.75, 3.05) is 4.90 Å². The highest BCUT2D eigenvalue weighted by Crippen LogP contribution is 2.52. The van der Waals surface area contributed by atoms with Crippen LogP contribution in [0.4, 0.5) is 17.1 Å². The van der Waals surface area contributed by atoms with Gasteiger partial charge in [0.1, 0.15) is 0 Å². The average Bonchev–Trinajstić information content (AvgIpc) is 3.57. The summed E-state index contributed by atoms with van der Waals surface area (Å²) in [6.07, 6.45) is 0. The fourth-order valence-electron chi connectivity index (χ4n) is 9.15. The van der Waals surface area contributed by atoms with Gasteiger partial charge in [-0.25, -0.2) is 0 Å². The Balaban J connectivity index is 1.06. The van der Waals surface area contributed by atoms with Crippen molar-refractivity contribution in [2.24, 2.45) is 0 Å². The highest BCUT2D eigenvalue weighted by molar-refractivity contribution is 5.90. The molecule has 0 fully saturated rings. The number of anilines is 3. The maximum absolute atomic E-state index is 2.41. The van der Waals surface area contributed by atoms with Gasteiger partial charge < -0.3 is 4.90 Å². The molecule has 0 aromatic heterocycles. The maximum Gasteiger partial charge on any atom is 0.0468 e. The third-order valence-electron chi connectivity index (χ3n) is 12.1. The lowest BCUT2D eigenvalue weighted by molar-refractivity contribution is 0.660. The summed E-state index contributed by atoms with van der Waals surface area (Å²) in [6.45, 7) is 9.39. The Morgan fingerprint density at radius 1 is 0.302 bits per heavy atom. The summed E-state index contributed by atoms with van der Waals surface area (Å²) < 4.78 is 0. The van der Waals surface area contributed by atoms with Gasteiger partial charge in [-0.2, -0.15) is 0 Å². The van der Waals surface area contributed by atoms with Gasteiger partial charge in [-0.15, -0.1) is 0 Å². The number of nitrogens with zero attached hydrogens (tertiary/aromatic N) is 1. The molecule has 2 aliphatic carbocycles. The van der Waals surface area contributed by atoms with Crippen LogP contribution >= 0.6 is 0 Å². The van der Waals surface area contributed by atoms with E-state index in [1.807, 2.05) is 0 Å². The van der Waals surface area contributed by atoms with Crippen molar-refractivity contribution in [2.45, 2.75) is 38.5 Å². The van der Waals surface area contributed by atoms with Gasteiger partial charge in [0, 0.05) is 27.9 Å². The van der Waals surface area contributed by atoms with E-state index >= 15 is 0 Å². The Bertz CT molecular complexity index is 2710. The zero-order valence-electron chi connectivity index (χ0n) is 30.7. The second kappa shape index (κ2) is 11.7. The zero-order chi connectivity index (χ0) is 35.9. The van der Waals surface area contributed by atoms with Crippen LogP contribution in [0.3, 0.4) is 0 Å². The molecule has 8 aromatic rings. The summed E-state index contributed by atoms with van der Waals surface area (Å²) in [5, 5.41) is 2.52. The third kappa shape index (κ3) is 4.91. The molecule has 0 unspecified atom stereocenters. The van der Waals surface area contributed by atoms with Crippen molar-refractivity contribution >= 4 is 27.8 Å². The van der Waals surface area contributed by atoms with E-state index in [0.29, 0.717) is 0 Å². The van der Waals surface area contributed by atoms with Crippen molar-refractivity contribution in [3.63, 3.8) is 0 Å². The molecular formula is C52H41N. The second-order valence-corrected chi connectivity index (χ2v) is 15.8. The van der Waals surface area contributed by atoms with E-state index in [0.717, 1.165) is 17.1 Å². The molecule has 8 aromatic carbocycles. The number of hydrogen-bond donors (Lipinski definition) is 0. The van der Waals surface area contributed by atoms with Crippen molar-refractivity contribution in [3.05, 3.63) is 198 Å². The molecule has 0 aliphatic heterocycles. The molecule has 1 heteroatoms. The Morgan fingerprint density at radius 3 is 1.42 bits per heavy atom. The van der Waals surface area contributed by atoms with Crippen LogP contribution < -0.4 is 4.90 Å². The standard InChI is InChI=1S/C52H41N/c1-51(2)48-16-10-8-14-44(48)46-33-42(28-30-49(46)51)53(40-24-19-35(20-25-40)38-18-17-34-11-5-6-12-37(34)31-38)41-26-21-36(22-27-41)39-23-29-45-43-13-7-9-15-47(43)52(3,4)50(45)32-39/h5-33H,1-4H3. The summed E-state index contributed by atoms with van der Waals surface area (Å²) in [7, 11) is 0. The number of rotatable bonds is 5. The van der Waals surface area contributed by atoms with Gasteiger partial charge in [0.25, 0.3) is 0 Å². The predicted molar refractivity (Wildman–Crippen MR) is 225 cm³/mol. The first-order chi connectivity index (χ1) is 25.8. The van der Waals surface area contributed by atoms with Crippen LogP contribution in [0.2, 0.25) is 0 Å². The van der Waals surface area contributed by atoms with Crippen LogP contribution in [0, 0.1) is 0 Å². The van der Waals surface area contributed by atoms with Crippen molar-refractivity contribution < 1.29 is 0 Å². The fraction of sp³-hybridized carbons (Fsp3) is 0.115. The summed E-state index contributed by atoms with van der Waals surface area (Å²) in [5.41, 5.74) is 19.2. The minimum Gasteiger partial charge on any atom is -0.310 e. The van der Waals surface area contributed by atoms with Gasteiger partial charge in [-0.05, 0) is 126 Å². The van der Waals surface area contributed by atoms with E-state index in [4.69, 9.17) is 0 Å². The molecular weight excluding hydrogens is 639 g/mol. The highest BCUT2D eigenvalue weighted by atomic mass is 15.1. The molecule has 53 heavy (non-hydrogen) atoms. The van der Waals surface area contributed by atoms with E-state index in [-0.39, 0.29) is 10.8 Å². The predicted octanol–water partition coefficient (Wildman–Crippen LogP) is 14.3. The lowest BCUT2D eigenvalue weighted by Crippen LogP contribution is -2.15. The first kappa shape index (κ1) is 31.5. The third-order valence-corrected chi connectivity index (χ3v) is 12.1. The minimum atomic E-state index is -0.0375. The highest BCUT2D eigenvalue weighted by Gasteiger charge is 2.36. The number of benzene rings is 8. The minimum absolute atomic E-state index is 0.0293. The Hall–Kier alpha value is -6.18. The molecule has 10 rings (SSSR count). The van der Waals surface area contributed by atoms with E-state index < -0.39 is 0 Å². The van der Waals surface area contributed by atoms with Gasteiger partial charge in [0.15, 0.2) is 0 Å². The van der Waals surface area contributed by atoms with Crippen molar-refractivity contribution in [1.82, 2.24) is 0 Å². The SMILES string of the molecule is CC1(C)c2ccccc2-c2cc(N(c3ccc(-c4ccc5c(c4)C(C)(C)c4ccccc4-5)cc3)c3ccc(-c4ccc5ccccc5c4)cc3)ccc21. The normalized spacial score (nSPS) is 14.3. The first-order valence-corrected chi connectivity index (χ1v) is 18.8. The first-order valence-electron chi connectivity index (χ1n) is 18.8. The smallest absolute Gasteiger partial charge is 0.0468 e. The van der Waals surface area contributed by atoms with E-state index in [2.05, 4.69) is 209 Å². The zero-order valence-corrected chi connectivity index (χ0v) is 30.7. The van der Waals surface area contributed by atoms with E-state index in [1.165, 1.54) is 77.5 Å². The Labute approximate surface area is 312 Å². The average molecular weight is 680 g/mol. The van der Waals surface area contributed by atoms with Gasteiger partial charge in [-0.1, -0.05) is 155 Å². The van der Waals surface area contributed by atoms with Gasteiger partial charge in [-0.3, -0.25) is 0 Å². The topological polar surface area (TPSA) is 3.24 Å². The van der Waals surface area contributed by atoms with E-state index in [9.17, 15) is 0 Å². The maximum atomic E-state index is 2.41. The number of fused-ring (bicyclic) bond motifs is 7. The Kier molecular flexibility index (Phi) is 6.94. The monoisotopic (exact) mass is 679 g/mol. The molecule has 0 saturated heterocycles. The quantitative estimate of drug-likeness (QED) is 0.175. The van der Waals surface area contributed by atoms with Crippen LogP contribution in [0.15, 0.2) is 176 Å². The lowest BCUT2D eigenvalue weighted by atomic mass is 9.81. The summed E-state index contributed by atoms with van der Waals surface area (Å²) >= 11 is 0. The molecule has 0 heterocycles. The van der Waals surface area contributed by atoms with Crippen LogP contribution in [-0.4, -0.2) is 0 Å². The molecule has 0 amide bonds. The molecule has 0 saturated carbocycles. The largest absolute Gasteiger partial charge is 0.310 e.